The fourth-order valence-corrected chi connectivity index (χ4v) is 2.97. The minimum absolute atomic E-state index is 0.425. The highest BCUT2D eigenvalue weighted by Gasteiger charge is 2.17. The molecule has 3 heteroatoms. The standard InChI is InChI=1S/C21H32O3/c1-13(2)19(22)12-10-14(3)9-11-18-17(6)20(23-7)15(4)16(5)21(18)24-8/h9,19,22H,1,10-12H2,2-8H3. The van der Waals surface area contributed by atoms with Crippen molar-refractivity contribution in [3.05, 3.63) is 46.1 Å². The third kappa shape index (κ3) is 4.64. The Bertz CT molecular complexity index is 627. The summed E-state index contributed by atoms with van der Waals surface area (Å²) in [6, 6.07) is 0. The Morgan fingerprint density at radius 1 is 1.04 bits per heavy atom. The van der Waals surface area contributed by atoms with Gasteiger partial charge in [-0.15, -0.1) is 0 Å². The van der Waals surface area contributed by atoms with E-state index in [0.717, 1.165) is 52.2 Å². The lowest BCUT2D eigenvalue weighted by Gasteiger charge is -2.20. The topological polar surface area (TPSA) is 38.7 Å². The molecule has 0 heterocycles. The largest absolute Gasteiger partial charge is 0.496 e. The van der Waals surface area contributed by atoms with Gasteiger partial charge in [-0.3, -0.25) is 0 Å². The second-order valence-electron chi connectivity index (χ2n) is 6.58. The first-order valence-corrected chi connectivity index (χ1v) is 8.44. The average molecular weight is 332 g/mol. The van der Waals surface area contributed by atoms with Gasteiger partial charge in [-0.1, -0.05) is 23.8 Å². The summed E-state index contributed by atoms with van der Waals surface area (Å²) in [6.07, 6.45) is 4.15. The van der Waals surface area contributed by atoms with Gasteiger partial charge in [0.05, 0.1) is 20.3 Å². The molecule has 1 aromatic carbocycles. The van der Waals surface area contributed by atoms with E-state index in [0.29, 0.717) is 6.42 Å². The molecule has 0 amide bonds. The second-order valence-corrected chi connectivity index (χ2v) is 6.58. The van der Waals surface area contributed by atoms with Gasteiger partial charge in [0, 0.05) is 5.56 Å². The lowest BCUT2D eigenvalue weighted by atomic mass is 9.94. The van der Waals surface area contributed by atoms with Crippen LogP contribution in [0.4, 0.5) is 0 Å². The summed E-state index contributed by atoms with van der Waals surface area (Å²) in [4.78, 5) is 0. The lowest BCUT2D eigenvalue weighted by molar-refractivity contribution is 0.201. The first-order chi connectivity index (χ1) is 11.2. The molecule has 0 bridgehead atoms. The molecule has 0 spiro atoms. The second kappa shape index (κ2) is 8.93. The number of rotatable bonds is 8. The van der Waals surface area contributed by atoms with Crippen molar-refractivity contribution in [3.63, 3.8) is 0 Å². The van der Waals surface area contributed by atoms with Crippen molar-refractivity contribution in [2.75, 3.05) is 14.2 Å². The zero-order valence-electron chi connectivity index (χ0n) is 16.2. The minimum Gasteiger partial charge on any atom is -0.496 e. The van der Waals surface area contributed by atoms with E-state index < -0.39 is 6.10 Å². The molecule has 1 unspecified atom stereocenters. The highest BCUT2D eigenvalue weighted by atomic mass is 16.5. The van der Waals surface area contributed by atoms with Gasteiger partial charge in [-0.25, -0.2) is 0 Å². The molecular formula is C21H32O3. The molecule has 1 rings (SSSR count). The van der Waals surface area contributed by atoms with E-state index in [1.165, 1.54) is 5.57 Å². The van der Waals surface area contributed by atoms with Crippen LogP contribution in [0.3, 0.4) is 0 Å². The van der Waals surface area contributed by atoms with E-state index in [1.807, 2.05) is 6.92 Å². The molecule has 0 aromatic heterocycles. The molecule has 1 atom stereocenters. The molecule has 0 saturated heterocycles. The van der Waals surface area contributed by atoms with Gasteiger partial charge in [0.25, 0.3) is 0 Å². The van der Waals surface area contributed by atoms with Crippen molar-refractivity contribution < 1.29 is 14.6 Å². The summed E-state index contributed by atoms with van der Waals surface area (Å²) in [7, 11) is 3.43. The van der Waals surface area contributed by atoms with Crippen LogP contribution in [0.5, 0.6) is 11.5 Å². The first-order valence-electron chi connectivity index (χ1n) is 8.44. The van der Waals surface area contributed by atoms with Crippen LogP contribution < -0.4 is 9.47 Å². The number of hydrogen-bond acceptors (Lipinski definition) is 3. The van der Waals surface area contributed by atoms with Gasteiger partial charge in [0.2, 0.25) is 0 Å². The zero-order chi connectivity index (χ0) is 18.4. The maximum absolute atomic E-state index is 9.86. The quantitative estimate of drug-likeness (QED) is 0.693. The van der Waals surface area contributed by atoms with E-state index in [9.17, 15) is 5.11 Å². The van der Waals surface area contributed by atoms with E-state index in [2.05, 4.69) is 40.3 Å². The molecule has 0 radical (unpaired) electrons. The van der Waals surface area contributed by atoms with Crippen LogP contribution in [0.1, 0.15) is 48.9 Å². The monoisotopic (exact) mass is 332 g/mol. The fourth-order valence-electron chi connectivity index (χ4n) is 2.97. The van der Waals surface area contributed by atoms with Gasteiger partial charge >= 0.3 is 0 Å². The molecule has 0 aliphatic rings. The Morgan fingerprint density at radius 2 is 1.58 bits per heavy atom. The highest BCUT2D eigenvalue weighted by Crippen LogP contribution is 2.38. The smallest absolute Gasteiger partial charge is 0.126 e. The number of benzene rings is 1. The van der Waals surface area contributed by atoms with Gasteiger partial charge < -0.3 is 14.6 Å². The van der Waals surface area contributed by atoms with Crippen LogP contribution in [0, 0.1) is 20.8 Å². The molecule has 0 aliphatic heterocycles. The van der Waals surface area contributed by atoms with Crippen molar-refractivity contribution in [1.29, 1.82) is 0 Å². The zero-order valence-corrected chi connectivity index (χ0v) is 16.2. The molecule has 1 N–H and O–H groups in total. The van der Waals surface area contributed by atoms with Crippen molar-refractivity contribution in [2.24, 2.45) is 0 Å². The summed E-state index contributed by atoms with van der Waals surface area (Å²) in [5.74, 6) is 1.88. The van der Waals surface area contributed by atoms with Crippen LogP contribution in [-0.4, -0.2) is 25.4 Å². The Hall–Kier alpha value is -1.74. The molecular weight excluding hydrogens is 300 g/mol. The Balaban J connectivity index is 3.04. The van der Waals surface area contributed by atoms with E-state index >= 15 is 0 Å². The molecule has 3 nitrogen and oxygen atoms in total. The van der Waals surface area contributed by atoms with Crippen molar-refractivity contribution in [3.8, 4) is 11.5 Å². The van der Waals surface area contributed by atoms with Crippen LogP contribution in [0.2, 0.25) is 0 Å². The van der Waals surface area contributed by atoms with E-state index in [-0.39, 0.29) is 0 Å². The Kier molecular flexibility index (Phi) is 7.56. The van der Waals surface area contributed by atoms with Gasteiger partial charge in [0.15, 0.2) is 0 Å². The Morgan fingerprint density at radius 3 is 2.08 bits per heavy atom. The maximum atomic E-state index is 9.86. The van der Waals surface area contributed by atoms with Crippen LogP contribution in [0.25, 0.3) is 0 Å². The predicted octanol–water partition coefficient (Wildman–Crippen LogP) is 4.84. The SMILES string of the molecule is C=C(C)C(O)CCC(C)=CCc1c(C)c(OC)c(C)c(C)c1OC. The molecule has 0 aliphatic carbocycles. The van der Waals surface area contributed by atoms with Crippen LogP contribution >= 0.6 is 0 Å². The maximum Gasteiger partial charge on any atom is 0.126 e. The molecule has 0 fully saturated rings. The van der Waals surface area contributed by atoms with Crippen molar-refractivity contribution >= 4 is 0 Å². The van der Waals surface area contributed by atoms with Gasteiger partial charge in [-0.2, -0.15) is 0 Å². The third-order valence-electron chi connectivity index (χ3n) is 4.75. The highest BCUT2D eigenvalue weighted by molar-refractivity contribution is 5.58. The number of methoxy groups -OCH3 is 2. The summed E-state index contributed by atoms with van der Waals surface area (Å²) < 4.78 is 11.3. The first kappa shape index (κ1) is 20.3. The normalized spacial score (nSPS) is 12.9. The molecule has 1 aromatic rings. The summed E-state index contributed by atoms with van der Waals surface area (Å²) in [6.45, 7) is 14.0. The van der Waals surface area contributed by atoms with Crippen LogP contribution in [-0.2, 0) is 6.42 Å². The van der Waals surface area contributed by atoms with Crippen molar-refractivity contribution in [1.82, 2.24) is 0 Å². The number of aliphatic hydroxyl groups excluding tert-OH is 1. The number of aliphatic hydroxyl groups is 1. The van der Waals surface area contributed by atoms with E-state index in [1.54, 1.807) is 14.2 Å². The van der Waals surface area contributed by atoms with Gasteiger partial charge in [-0.05, 0) is 70.6 Å². The number of ether oxygens (including phenoxy) is 2. The third-order valence-corrected chi connectivity index (χ3v) is 4.75. The lowest BCUT2D eigenvalue weighted by Crippen LogP contribution is -2.07. The number of allylic oxidation sites excluding steroid dienone is 2. The summed E-state index contributed by atoms with van der Waals surface area (Å²) >= 11 is 0. The summed E-state index contributed by atoms with van der Waals surface area (Å²) in [5.41, 5.74) is 6.62. The van der Waals surface area contributed by atoms with Crippen molar-refractivity contribution in [2.45, 2.75) is 60.0 Å². The predicted molar refractivity (Wildman–Crippen MR) is 101 cm³/mol. The summed E-state index contributed by atoms with van der Waals surface area (Å²) in [5, 5.41) is 9.86. The number of hydrogen-bond donors (Lipinski definition) is 1. The molecule has 0 saturated carbocycles. The molecule has 24 heavy (non-hydrogen) atoms. The van der Waals surface area contributed by atoms with Gasteiger partial charge in [0.1, 0.15) is 11.5 Å². The van der Waals surface area contributed by atoms with Crippen LogP contribution in [0.15, 0.2) is 23.8 Å². The fraction of sp³-hybridized carbons (Fsp3) is 0.524. The minimum atomic E-state index is -0.425. The Labute approximate surface area is 147 Å². The average Bonchev–Trinajstić information content (AvgIpc) is 2.54. The molecule has 134 valence electrons. The van der Waals surface area contributed by atoms with E-state index in [4.69, 9.17) is 9.47 Å².